The van der Waals surface area contributed by atoms with Crippen molar-refractivity contribution in [1.29, 1.82) is 0 Å². The lowest BCUT2D eigenvalue weighted by Gasteiger charge is -2.34. The van der Waals surface area contributed by atoms with Gasteiger partial charge in [-0.25, -0.2) is 4.79 Å². The van der Waals surface area contributed by atoms with Crippen molar-refractivity contribution in [2.45, 2.75) is 45.1 Å². The minimum absolute atomic E-state index is 0.0629. The molecule has 1 amide bonds. The van der Waals surface area contributed by atoms with Crippen molar-refractivity contribution in [2.75, 3.05) is 7.05 Å². The van der Waals surface area contributed by atoms with Gasteiger partial charge in [0.1, 0.15) is 5.54 Å². The van der Waals surface area contributed by atoms with E-state index in [4.69, 9.17) is 5.11 Å². The van der Waals surface area contributed by atoms with E-state index in [1.54, 1.807) is 20.9 Å². The van der Waals surface area contributed by atoms with Gasteiger partial charge in [0, 0.05) is 13.5 Å². The second-order valence-corrected chi connectivity index (χ2v) is 4.82. The van der Waals surface area contributed by atoms with E-state index >= 15 is 0 Å². The van der Waals surface area contributed by atoms with Crippen LogP contribution in [0.5, 0.6) is 0 Å². The van der Waals surface area contributed by atoms with Crippen LogP contribution in [0.2, 0.25) is 0 Å². The summed E-state index contributed by atoms with van der Waals surface area (Å²) in [4.78, 5) is 24.0. The number of rotatable bonds is 4. The van der Waals surface area contributed by atoms with Crippen LogP contribution in [0.15, 0.2) is 0 Å². The smallest absolute Gasteiger partial charge is 0.329 e. The van der Waals surface area contributed by atoms with Gasteiger partial charge >= 0.3 is 5.97 Å². The molecule has 1 rings (SSSR count). The molecule has 1 saturated carbocycles. The molecule has 0 aliphatic heterocycles. The number of carbonyl (C=O) groups excluding carboxylic acids is 1. The number of hydrogen-bond acceptors (Lipinski definition) is 2. The average molecular weight is 213 g/mol. The van der Waals surface area contributed by atoms with Gasteiger partial charge in [-0.15, -0.1) is 0 Å². The van der Waals surface area contributed by atoms with Crippen molar-refractivity contribution >= 4 is 11.9 Å². The topological polar surface area (TPSA) is 57.6 Å². The number of carbonyl (C=O) groups is 2. The predicted molar refractivity (Wildman–Crippen MR) is 56.4 cm³/mol. The normalized spacial score (nSPS) is 17.0. The van der Waals surface area contributed by atoms with E-state index in [1.807, 2.05) is 0 Å². The summed E-state index contributed by atoms with van der Waals surface area (Å²) in [5, 5.41) is 8.97. The van der Waals surface area contributed by atoms with Crippen LogP contribution in [0.3, 0.4) is 0 Å². The summed E-state index contributed by atoms with van der Waals surface area (Å²) in [5.74, 6) is -0.552. The molecule has 0 saturated heterocycles. The first-order valence-corrected chi connectivity index (χ1v) is 5.35. The van der Waals surface area contributed by atoms with Crippen LogP contribution in [-0.4, -0.2) is 34.5 Å². The fourth-order valence-corrected chi connectivity index (χ4v) is 1.54. The first-order valence-electron chi connectivity index (χ1n) is 5.35. The molecule has 1 N–H and O–H groups in total. The van der Waals surface area contributed by atoms with Crippen LogP contribution in [-0.2, 0) is 9.59 Å². The van der Waals surface area contributed by atoms with Gasteiger partial charge in [-0.05, 0) is 32.6 Å². The highest BCUT2D eigenvalue weighted by Crippen LogP contribution is 2.30. The van der Waals surface area contributed by atoms with E-state index in [-0.39, 0.29) is 5.91 Å². The molecule has 86 valence electrons. The van der Waals surface area contributed by atoms with Gasteiger partial charge in [-0.3, -0.25) is 4.79 Å². The molecule has 1 fully saturated rings. The van der Waals surface area contributed by atoms with Crippen LogP contribution >= 0.6 is 0 Å². The maximum absolute atomic E-state index is 11.8. The van der Waals surface area contributed by atoms with Crippen LogP contribution < -0.4 is 0 Å². The molecule has 4 nitrogen and oxygen atoms in total. The van der Waals surface area contributed by atoms with Crippen molar-refractivity contribution in [1.82, 2.24) is 4.90 Å². The van der Waals surface area contributed by atoms with Gasteiger partial charge in [0.05, 0.1) is 0 Å². The van der Waals surface area contributed by atoms with Gasteiger partial charge < -0.3 is 10.0 Å². The molecule has 0 heterocycles. The van der Waals surface area contributed by atoms with Crippen LogP contribution in [0, 0.1) is 5.92 Å². The zero-order chi connectivity index (χ0) is 11.6. The van der Waals surface area contributed by atoms with Crippen LogP contribution in [0.25, 0.3) is 0 Å². The Kier molecular flexibility index (Phi) is 3.37. The van der Waals surface area contributed by atoms with Crippen molar-refractivity contribution in [3.63, 3.8) is 0 Å². The fourth-order valence-electron chi connectivity index (χ4n) is 1.54. The monoisotopic (exact) mass is 213 g/mol. The molecule has 4 heteroatoms. The second-order valence-electron chi connectivity index (χ2n) is 4.82. The number of aliphatic carboxylic acids is 1. The number of amides is 1. The summed E-state index contributed by atoms with van der Waals surface area (Å²) >= 11 is 0. The Labute approximate surface area is 90.3 Å². The molecule has 0 aromatic carbocycles. The average Bonchev–Trinajstić information content (AvgIpc) is 2.09. The Morgan fingerprint density at radius 3 is 2.27 bits per heavy atom. The van der Waals surface area contributed by atoms with Crippen molar-refractivity contribution in [3.8, 4) is 0 Å². The first-order chi connectivity index (χ1) is 6.85. The molecule has 0 radical (unpaired) electrons. The Morgan fingerprint density at radius 2 is 1.93 bits per heavy atom. The van der Waals surface area contributed by atoms with Gasteiger partial charge in [-0.2, -0.15) is 0 Å². The first kappa shape index (κ1) is 12.0. The van der Waals surface area contributed by atoms with E-state index in [2.05, 4.69) is 0 Å². The summed E-state index contributed by atoms with van der Waals surface area (Å²) in [7, 11) is 1.56. The van der Waals surface area contributed by atoms with Gasteiger partial charge in [0.2, 0.25) is 5.91 Å². The third kappa shape index (κ3) is 2.49. The summed E-state index contributed by atoms with van der Waals surface area (Å²) in [6, 6.07) is 0. The number of hydrogen-bond donors (Lipinski definition) is 1. The lowest BCUT2D eigenvalue weighted by molar-refractivity contribution is -0.155. The highest BCUT2D eigenvalue weighted by molar-refractivity contribution is 5.86. The predicted octanol–water partition coefficient (Wildman–Crippen LogP) is 1.50. The zero-order valence-corrected chi connectivity index (χ0v) is 9.62. The second kappa shape index (κ2) is 4.21. The molecule has 1 aliphatic rings. The number of nitrogens with zero attached hydrogens (tertiary/aromatic N) is 1. The third-order valence-corrected chi connectivity index (χ3v) is 3.42. The fraction of sp³-hybridized carbons (Fsp3) is 0.818. The quantitative estimate of drug-likeness (QED) is 0.769. The van der Waals surface area contributed by atoms with E-state index in [0.717, 1.165) is 12.8 Å². The van der Waals surface area contributed by atoms with Gasteiger partial charge in [-0.1, -0.05) is 6.42 Å². The maximum Gasteiger partial charge on any atom is 0.329 e. The van der Waals surface area contributed by atoms with E-state index in [0.29, 0.717) is 12.3 Å². The largest absolute Gasteiger partial charge is 0.480 e. The molecule has 0 spiro atoms. The summed E-state index contributed by atoms with van der Waals surface area (Å²) < 4.78 is 0. The molecule has 0 aromatic heterocycles. The lowest BCUT2D eigenvalue weighted by atomic mass is 9.82. The van der Waals surface area contributed by atoms with Crippen LogP contribution in [0.4, 0.5) is 0 Å². The lowest BCUT2D eigenvalue weighted by Crippen LogP contribution is -2.51. The van der Waals surface area contributed by atoms with Crippen molar-refractivity contribution in [3.05, 3.63) is 0 Å². The molecule has 15 heavy (non-hydrogen) atoms. The van der Waals surface area contributed by atoms with E-state index in [9.17, 15) is 9.59 Å². The minimum atomic E-state index is -1.11. The number of likely N-dealkylation sites (N-methyl/N-ethyl adjacent to an activating group) is 1. The van der Waals surface area contributed by atoms with E-state index < -0.39 is 11.5 Å². The Balaban J connectivity index is 2.54. The van der Waals surface area contributed by atoms with Crippen molar-refractivity contribution in [2.24, 2.45) is 5.92 Å². The summed E-state index contributed by atoms with van der Waals surface area (Å²) in [6.45, 7) is 3.10. The maximum atomic E-state index is 11.8. The van der Waals surface area contributed by atoms with E-state index in [1.165, 1.54) is 11.3 Å². The highest BCUT2D eigenvalue weighted by atomic mass is 16.4. The minimum Gasteiger partial charge on any atom is -0.480 e. The molecule has 0 atom stereocenters. The summed E-state index contributed by atoms with van der Waals surface area (Å²) in [5.41, 5.74) is -1.11. The summed E-state index contributed by atoms with van der Waals surface area (Å²) in [6.07, 6.45) is 3.90. The van der Waals surface area contributed by atoms with Crippen LogP contribution in [0.1, 0.15) is 39.5 Å². The van der Waals surface area contributed by atoms with Gasteiger partial charge in [0.25, 0.3) is 0 Å². The molecule has 0 unspecified atom stereocenters. The SMILES string of the molecule is CN(C(=O)CC1CCC1)C(C)(C)C(=O)O. The Hall–Kier alpha value is -1.06. The Bertz CT molecular complexity index is 269. The molecule has 1 aliphatic carbocycles. The zero-order valence-electron chi connectivity index (χ0n) is 9.62. The molecule has 0 aromatic rings. The van der Waals surface area contributed by atoms with Crippen molar-refractivity contribution < 1.29 is 14.7 Å². The molecule has 0 bridgehead atoms. The highest BCUT2D eigenvalue weighted by Gasteiger charge is 2.36. The Morgan fingerprint density at radius 1 is 1.40 bits per heavy atom. The third-order valence-electron chi connectivity index (χ3n) is 3.42. The van der Waals surface area contributed by atoms with Gasteiger partial charge in [0.15, 0.2) is 0 Å². The molecular formula is C11H19NO3. The molecular weight excluding hydrogens is 194 g/mol. The standard InChI is InChI=1S/C11H19NO3/c1-11(2,10(14)15)12(3)9(13)7-8-5-4-6-8/h8H,4-7H2,1-3H3,(H,14,15). The number of carboxylic acid groups (broad SMARTS) is 1. The number of carboxylic acids is 1.